The van der Waals surface area contributed by atoms with E-state index in [0.717, 1.165) is 17.9 Å². The van der Waals surface area contributed by atoms with Gasteiger partial charge in [0, 0.05) is 25.7 Å². The number of hydrogen-bond acceptors (Lipinski definition) is 3. The van der Waals surface area contributed by atoms with E-state index >= 15 is 0 Å². The van der Waals surface area contributed by atoms with Crippen LogP contribution >= 0.6 is 24.0 Å². The number of carbonyl (C=O) groups excluding carboxylic acids is 1. The number of benzene rings is 1. The second-order valence-corrected chi connectivity index (χ2v) is 5.82. The Labute approximate surface area is 171 Å². The van der Waals surface area contributed by atoms with Crippen molar-refractivity contribution in [3.8, 4) is 0 Å². The highest BCUT2D eigenvalue weighted by Gasteiger charge is 2.11. The van der Waals surface area contributed by atoms with Gasteiger partial charge >= 0.3 is 0 Å². The van der Waals surface area contributed by atoms with Gasteiger partial charge in [0.1, 0.15) is 0 Å². The lowest BCUT2D eigenvalue weighted by molar-refractivity contribution is 0.0925. The fourth-order valence-electron chi connectivity index (χ4n) is 2.41. The molecule has 0 aliphatic carbocycles. The predicted octanol–water partition coefficient (Wildman–Crippen LogP) is 3.25. The second-order valence-electron chi connectivity index (χ2n) is 5.82. The Balaban J connectivity index is 0.00000338. The summed E-state index contributed by atoms with van der Waals surface area (Å²) in [7, 11) is 1.74. The first-order valence-corrected chi connectivity index (χ1v) is 8.46. The number of halogens is 1. The van der Waals surface area contributed by atoms with E-state index in [1.807, 2.05) is 25.1 Å². The number of aryl methyl sites for hydroxylation is 1. The van der Waals surface area contributed by atoms with Crippen LogP contribution < -0.4 is 16.0 Å². The third-order valence-corrected chi connectivity index (χ3v) is 3.88. The van der Waals surface area contributed by atoms with Gasteiger partial charge in [0.05, 0.1) is 12.3 Å². The number of furan rings is 1. The Bertz CT molecular complexity index is 701. The highest BCUT2D eigenvalue weighted by atomic mass is 127. The van der Waals surface area contributed by atoms with E-state index in [9.17, 15) is 4.79 Å². The summed E-state index contributed by atoms with van der Waals surface area (Å²) in [6.45, 7) is 5.22. The Morgan fingerprint density at radius 1 is 1.15 bits per heavy atom. The van der Waals surface area contributed by atoms with E-state index in [2.05, 4.69) is 40.0 Å². The molecule has 0 spiro atoms. The third kappa shape index (κ3) is 6.70. The number of rotatable bonds is 7. The number of guanidine groups is 1. The minimum atomic E-state index is -0.178. The molecule has 2 rings (SSSR count). The van der Waals surface area contributed by atoms with Crippen molar-refractivity contribution in [3.05, 3.63) is 59.5 Å². The molecule has 1 aromatic carbocycles. The van der Waals surface area contributed by atoms with Crippen molar-refractivity contribution in [1.82, 2.24) is 16.0 Å². The number of carbonyl (C=O) groups is 1. The summed E-state index contributed by atoms with van der Waals surface area (Å²) in [5.41, 5.74) is 2.04. The Kier molecular flexibility index (Phi) is 9.79. The van der Waals surface area contributed by atoms with Gasteiger partial charge in [0.15, 0.2) is 11.7 Å². The minimum Gasteiger partial charge on any atom is -0.459 e. The number of hydrogen-bond donors (Lipinski definition) is 3. The molecule has 1 aromatic heterocycles. The van der Waals surface area contributed by atoms with Crippen LogP contribution in [-0.4, -0.2) is 32.0 Å². The zero-order valence-electron chi connectivity index (χ0n) is 15.4. The van der Waals surface area contributed by atoms with Gasteiger partial charge in [-0.1, -0.05) is 30.3 Å². The molecule has 2 aromatic rings. The van der Waals surface area contributed by atoms with Crippen LogP contribution in [0.3, 0.4) is 0 Å². The van der Waals surface area contributed by atoms with E-state index in [-0.39, 0.29) is 35.9 Å². The van der Waals surface area contributed by atoms with Crippen molar-refractivity contribution in [1.29, 1.82) is 0 Å². The van der Waals surface area contributed by atoms with Crippen molar-refractivity contribution >= 4 is 35.8 Å². The molecule has 3 N–H and O–H groups in total. The SMILES string of the molecule is CN=C(NCCCNC(=O)c1occc1C)NC(C)c1ccccc1.I. The molecular formula is C19H27IN4O2. The van der Waals surface area contributed by atoms with E-state index < -0.39 is 0 Å². The molecule has 142 valence electrons. The van der Waals surface area contributed by atoms with Crippen LogP contribution in [-0.2, 0) is 0 Å². The normalized spacial score (nSPS) is 12.0. The van der Waals surface area contributed by atoms with Crippen LogP contribution in [0.25, 0.3) is 0 Å². The molecule has 1 heterocycles. The average Bonchev–Trinajstić information content (AvgIpc) is 3.07. The van der Waals surface area contributed by atoms with Crippen LogP contribution in [0, 0.1) is 6.92 Å². The Morgan fingerprint density at radius 2 is 1.85 bits per heavy atom. The van der Waals surface area contributed by atoms with Gasteiger partial charge in [-0.3, -0.25) is 9.79 Å². The quantitative estimate of drug-likeness (QED) is 0.251. The van der Waals surface area contributed by atoms with Crippen LogP contribution in [0.2, 0.25) is 0 Å². The topological polar surface area (TPSA) is 78.7 Å². The zero-order chi connectivity index (χ0) is 18.1. The maximum absolute atomic E-state index is 11.9. The molecule has 0 aliphatic heterocycles. The smallest absolute Gasteiger partial charge is 0.287 e. The van der Waals surface area contributed by atoms with Gasteiger partial charge in [-0.25, -0.2) is 0 Å². The second kappa shape index (κ2) is 11.6. The Morgan fingerprint density at radius 3 is 2.46 bits per heavy atom. The summed E-state index contributed by atoms with van der Waals surface area (Å²) in [6, 6.07) is 12.1. The largest absolute Gasteiger partial charge is 0.459 e. The van der Waals surface area contributed by atoms with Gasteiger partial charge in [-0.15, -0.1) is 24.0 Å². The average molecular weight is 470 g/mol. The first kappa shape index (κ1) is 22.0. The predicted molar refractivity (Wildman–Crippen MR) is 115 cm³/mol. The van der Waals surface area contributed by atoms with Crippen LogP contribution in [0.5, 0.6) is 0 Å². The standard InChI is InChI=1S/C19H26N4O2.HI/c1-14-10-13-25-17(14)18(24)21-11-7-12-22-19(20-3)23-15(2)16-8-5-4-6-9-16;/h4-6,8-10,13,15H,7,11-12H2,1-3H3,(H,21,24)(H2,20,22,23);1H. The van der Waals surface area contributed by atoms with Crippen LogP contribution in [0.15, 0.2) is 52.1 Å². The highest BCUT2D eigenvalue weighted by Crippen LogP contribution is 2.10. The molecule has 1 amide bonds. The minimum absolute atomic E-state index is 0. The number of nitrogens with one attached hydrogen (secondary N) is 3. The van der Waals surface area contributed by atoms with Gasteiger partial charge < -0.3 is 20.4 Å². The molecule has 0 saturated heterocycles. The molecule has 0 bridgehead atoms. The van der Waals surface area contributed by atoms with E-state index in [0.29, 0.717) is 18.8 Å². The zero-order valence-corrected chi connectivity index (χ0v) is 17.7. The molecule has 1 unspecified atom stereocenters. The molecule has 0 radical (unpaired) electrons. The van der Waals surface area contributed by atoms with Crippen molar-refractivity contribution in [3.63, 3.8) is 0 Å². The lowest BCUT2D eigenvalue weighted by Crippen LogP contribution is -2.40. The summed E-state index contributed by atoms with van der Waals surface area (Å²) < 4.78 is 5.17. The lowest BCUT2D eigenvalue weighted by Gasteiger charge is -2.18. The summed E-state index contributed by atoms with van der Waals surface area (Å²) in [5.74, 6) is 0.939. The maximum atomic E-state index is 11.9. The molecular weight excluding hydrogens is 443 g/mol. The summed E-state index contributed by atoms with van der Waals surface area (Å²) in [4.78, 5) is 16.2. The monoisotopic (exact) mass is 470 g/mol. The van der Waals surface area contributed by atoms with Gasteiger partial charge in [-0.05, 0) is 31.9 Å². The molecule has 0 fully saturated rings. The van der Waals surface area contributed by atoms with Gasteiger partial charge in [0.25, 0.3) is 5.91 Å². The summed E-state index contributed by atoms with van der Waals surface area (Å²) >= 11 is 0. The fraction of sp³-hybridized carbons (Fsp3) is 0.368. The molecule has 1 atom stereocenters. The van der Waals surface area contributed by atoms with Crippen molar-refractivity contribution in [2.24, 2.45) is 4.99 Å². The molecule has 0 aliphatic rings. The number of amides is 1. The molecule has 26 heavy (non-hydrogen) atoms. The van der Waals surface area contributed by atoms with Crippen LogP contribution in [0.1, 0.15) is 41.1 Å². The van der Waals surface area contributed by atoms with Gasteiger partial charge in [0.2, 0.25) is 0 Å². The van der Waals surface area contributed by atoms with Crippen molar-refractivity contribution in [2.75, 3.05) is 20.1 Å². The first-order chi connectivity index (χ1) is 12.1. The number of aliphatic imine (C=N–C) groups is 1. The molecule has 7 heteroatoms. The van der Waals surface area contributed by atoms with E-state index in [1.165, 1.54) is 11.8 Å². The lowest BCUT2D eigenvalue weighted by atomic mass is 10.1. The molecule has 0 saturated carbocycles. The number of nitrogens with zero attached hydrogens (tertiary/aromatic N) is 1. The fourth-order valence-corrected chi connectivity index (χ4v) is 2.41. The van der Waals surface area contributed by atoms with Crippen molar-refractivity contribution in [2.45, 2.75) is 26.3 Å². The summed E-state index contributed by atoms with van der Waals surface area (Å²) in [5, 5.41) is 9.45. The van der Waals surface area contributed by atoms with E-state index in [1.54, 1.807) is 13.1 Å². The van der Waals surface area contributed by atoms with Crippen molar-refractivity contribution < 1.29 is 9.21 Å². The summed E-state index contributed by atoms with van der Waals surface area (Å²) in [6.07, 6.45) is 2.31. The van der Waals surface area contributed by atoms with Gasteiger partial charge in [-0.2, -0.15) is 0 Å². The van der Waals surface area contributed by atoms with Crippen LogP contribution in [0.4, 0.5) is 0 Å². The third-order valence-electron chi connectivity index (χ3n) is 3.88. The highest BCUT2D eigenvalue weighted by molar-refractivity contribution is 14.0. The van der Waals surface area contributed by atoms with E-state index in [4.69, 9.17) is 4.42 Å². The molecule has 6 nitrogen and oxygen atoms in total. The first-order valence-electron chi connectivity index (χ1n) is 8.46. The Hall–Kier alpha value is -2.03. The maximum Gasteiger partial charge on any atom is 0.287 e.